The fraction of sp³-hybridized carbons (Fsp3) is 0.667. The van der Waals surface area contributed by atoms with Crippen LogP contribution in [0.25, 0.3) is 5.76 Å². The number of likely N-dealkylation sites (tertiary alicyclic amines) is 1. The maximum absolute atomic E-state index is 12.3. The van der Waals surface area contributed by atoms with Crippen molar-refractivity contribution in [3.8, 4) is 0 Å². The van der Waals surface area contributed by atoms with Crippen LogP contribution in [0.4, 0.5) is 0 Å². The molecule has 2 aliphatic heterocycles. The highest BCUT2D eigenvalue weighted by Crippen LogP contribution is 2.40. The molecule has 0 saturated carbocycles. The third-order valence-electron chi connectivity index (χ3n) is 5.03. The first-order valence-electron chi connectivity index (χ1n) is 7.96. The summed E-state index contributed by atoms with van der Waals surface area (Å²) in [6.45, 7) is 1.97. The normalized spacial score (nSPS) is 28.0. The molecule has 6 nitrogen and oxygen atoms in total. The van der Waals surface area contributed by atoms with Gasteiger partial charge < -0.3 is 4.18 Å². The number of hydrogen-bond acceptors (Lipinski definition) is 5. The molecule has 3 heterocycles. The van der Waals surface area contributed by atoms with Gasteiger partial charge in [-0.05, 0) is 44.3 Å². The molecule has 1 aliphatic carbocycles. The van der Waals surface area contributed by atoms with Crippen LogP contribution in [0, 0.1) is 0 Å². The minimum atomic E-state index is -3.52. The molecule has 1 aromatic heterocycles. The van der Waals surface area contributed by atoms with Gasteiger partial charge in [0.25, 0.3) is 0 Å². The lowest BCUT2D eigenvalue weighted by atomic mass is 9.90. The average Bonchev–Trinajstić information content (AvgIpc) is 2.88. The van der Waals surface area contributed by atoms with Crippen molar-refractivity contribution in [1.82, 2.24) is 14.7 Å². The summed E-state index contributed by atoms with van der Waals surface area (Å²) in [5, 5.41) is 4.27. The summed E-state index contributed by atoms with van der Waals surface area (Å²) < 4.78 is 31.8. The third-order valence-corrected chi connectivity index (χ3v) is 6.18. The van der Waals surface area contributed by atoms with Gasteiger partial charge in [0.2, 0.25) is 0 Å². The summed E-state index contributed by atoms with van der Waals surface area (Å²) in [7, 11) is -1.63. The molecule has 0 bridgehead atoms. The van der Waals surface area contributed by atoms with Gasteiger partial charge in [0.15, 0.2) is 5.76 Å². The van der Waals surface area contributed by atoms with E-state index in [1.54, 1.807) is 6.20 Å². The second-order valence-electron chi connectivity index (χ2n) is 6.40. The van der Waals surface area contributed by atoms with Crippen LogP contribution in [0.15, 0.2) is 11.8 Å². The number of rotatable bonds is 1. The standard InChI is InChI=1S/C15H21N3O3S/c1-17-13-6-5-11-14(18-7-3-2-4-8-18)10-22(19,20)21-15(11)12(13)9-16-17/h9,14H,2-8,10H2,1H3. The lowest BCUT2D eigenvalue weighted by Crippen LogP contribution is -2.47. The molecule has 1 aromatic rings. The maximum Gasteiger partial charge on any atom is 0.311 e. The minimum absolute atomic E-state index is 0.0255. The van der Waals surface area contributed by atoms with Gasteiger partial charge in [0, 0.05) is 12.7 Å². The van der Waals surface area contributed by atoms with Gasteiger partial charge in [-0.2, -0.15) is 13.5 Å². The van der Waals surface area contributed by atoms with Gasteiger partial charge in [-0.15, -0.1) is 0 Å². The SMILES string of the molecule is Cn1ncc2c1CCC1=C2OS(=O)(=O)CC1N1CCCCC1. The zero-order valence-electron chi connectivity index (χ0n) is 12.8. The number of aromatic nitrogens is 2. The summed E-state index contributed by atoms with van der Waals surface area (Å²) in [4.78, 5) is 2.33. The molecule has 7 heteroatoms. The van der Waals surface area contributed by atoms with Crippen LogP contribution in [0.2, 0.25) is 0 Å². The molecule has 0 radical (unpaired) electrons. The van der Waals surface area contributed by atoms with E-state index in [0.29, 0.717) is 5.76 Å². The van der Waals surface area contributed by atoms with E-state index in [0.717, 1.165) is 55.6 Å². The van der Waals surface area contributed by atoms with Crippen molar-refractivity contribution < 1.29 is 12.6 Å². The van der Waals surface area contributed by atoms with E-state index >= 15 is 0 Å². The van der Waals surface area contributed by atoms with Crippen molar-refractivity contribution in [2.45, 2.75) is 38.1 Å². The van der Waals surface area contributed by atoms with Crippen molar-refractivity contribution in [2.75, 3.05) is 18.8 Å². The van der Waals surface area contributed by atoms with Crippen molar-refractivity contribution in [3.05, 3.63) is 23.0 Å². The van der Waals surface area contributed by atoms with Crippen LogP contribution in [0.3, 0.4) is 0 Å². The van der Waals surface area contributed by atoms with E-state index in [9.17, 15) is 8.42 Å². The fourth-order valence-corrected chi connectivity index (χ4v) is 5.23. The summed E-state index contributed by atoms with van der Waals surface area (Å²) >= 11 is 0. The lowest BCUT2D eigenvalue weighted by molar-refractivity contribution is 0.186. The van der Waals surface area contributed by atoms with Crippen molar-refractivity contribution in [3.63, 3.8) is 0 Å². The molecule has 0 aromatic carbocycles. The molecule has 1 unspecified atom stereocenters. The Morgan fingerprint density at radius 2 is 2.00 bits per heavy atom. The maximum atomic E-state index is 12.3. The number of aryl methyl sites for hydroxylation is 1. The first-order chi connectivity index (χ1) is 10.6. The van der Waals surface area contributed by atoms with E-state index in [4.69, 9.17) is 4.18 Å². The summed E-state index contributed by atoms with van der Waals surface area (Å²) in [6.07, 6.45) is 7.04. The Morgan fingerprint density at radius 1 is 1.23 bits per heavy atom. The highest BCUT2D eigenvalue weighted by molar-refractivity contribution is 7.87. The van der Waals surface area contributed by atoms with Gasteiger partial charge in [0.1, 0.15) is 5.75 Å². The Kier molecular flexibility index (Phi) is 3.30. The Balaban J connectivity index is 1.79. The van der Waals surface area contributed by atoms with Crippen molar-refractivity contribution in [2.24, 2.45) is 7.05 Å². The lowest BCUT2D eigenvalue weighted by Gasteiger charge is -2.39. The fourth-order valence-electron chi connectivity index (χ4n) is 3.92. The predicted octanol–water partition coefficient (Wildman–Crippen LogP) is 1.29. The molecule has 1 fully saturated rings. The quantitative estimate of drug-likeness (QED) is 0.729. The molecule has 22 heavy (non-hydrogen) atoms. The molecule has 0 N–H and O–H groups in total. The van der Waals surface area contributed by atoms with E-state index in [2.05, 4.69) is 10.00 Å². The molecular formula is C15H21N3O3S. The van der Waals surface area contributed by atoms with Crippen LogP contribution in [-0.4, -0.2) is 48.0 Å². The zero-order valence-corrected chi connectivity index (χ0v) is 13.6. The monoisotopic (exact) mass is 323 g/mol. The first kappa shape index (κ1) is 14.3. The molecule has 3 aliphatic rings. The number of fused-ring (bicyclic) bond motifs is 2. The minimum Gasteiger partial charge on any atom is -0.382 e. The summed E-state index contributed by atoms with van der Waals surface area (Å²) in [5.74, 6) is 0.637. The molecule has 1 atom stereocenters. The molecule has 120 valence electrons. The Morgan fingerprint density at radius 3 is 2.77 bits per heavy atom. The smallest absolute Gasteiger partial charge is 0.311 e. The van der Waals surface area contributed by atoms with E-state index in [1.807, 2.05) is 11.7 Å². The second kappa shape index (κ2) is 5.09. The van der Waals surface area contributed by atoms with Crippen LogP contribution in [-0.2, 0) is 27.8 Å². The van der Waals surface area contributed by atoms with Crippen LogP contribution in [0.5, 0.6) is 0 Å². The van der Waals surface area contributed by atoms with Crippen molar-refractivity contribution >= 4 is 15.9 Å². The largest absolute Gasteiger partial charge is 0.382 e. The second-order valence-corrected chi connectivity index (χ2v) is 8.02. The first-order valence-corrected chi connectivity index (χ1v) is 9.53. The van der Waals surface area contributed by atoms with Crippen molar-refractivity contribution in [1.29, 1.82) is 0 Å². The van der Waals surface area contributed by atoms with Gasteiger partial charge in [0.05, 0.1) is 17.8 Å². The van der Waals surface area contributed by atoms with Gasteiger partial charge in [-0.1, -0.05) is 6.42 Å². The predicted molar refractivity (Wildman–Crippen MR) is 82.5 cm³/mol. The zero-order chi connectivity index (χ0) is 15.3. The van der Waals surface area contributed by atoms with Crippen LogP contribution < -0.4 is 0 Å². The van der Waals surface area contributed by atoms with E-state index in [1.165, 1.54) is 6.42 Å². The number of nitrogens with zero attached hydrogens (tertiary/aromatic N) is 3. The topological polar surface area (TPSA) is 64.4 Å². The van der Waals surface area contributed by atoms with Crippen LogP contribution >= 0.6 is 0 Å². The third kappa shape index (κ3) is 2.27. The number of piperidine rings is 1. The van der Waals surface area contributed by atoms with E-state index in [-0.39, 0.29) is 11.8 Å². The van der Waals surface area contributed by atoms with Gasteiger partial charge in [-0.3, -0.25) is 9.58 Å². The Hall–Kier alpha value is -1.34. The van der Waals surface area contributed by atoms with Crippen LogP contribution in [0.1, 0.15) is 36.9 Å². The highest BCUT2D eigenvalue weighted by atomic mass is 32.2. The average molecular weight is 323 g/mol. The Labute approximate surface area is 130 Å². The molecule has 0 amide bonds. The summed E-state index contributed by atoms with van der Waals surface area (Å²) in [5.41, 5.74) is 3.07. The Bertz CT molecular complexity index is 729. The van der Waals surface area contributed by atoms with E-state index < -0.39 is 10.1 Å². The highest BCUT2D eigenvalue weighted by Gasteiger charge is 2.40. The molecule has 4 rings (SSSR count). The molecule has 0 spiro atoms. The summed E-state index contributed by atoms with van der Waals surface area (Å²) in [6, 6.07) is -0.0255. The van der Waals surface area contributed by atoms with Gasteiger partial charge in [-0.25, -0.2) is 0 Å². The van der Waals surface area contributed by atoms with Gasteiger partial charge >= 0.3 is 10.1 Å². The number of hydrogen-bond donors (Lipinski definition) is 0. The molecule has 1 saturated heterocycles. The molecular weight excluding hydrogens is 302 g/mol.